The van der Waals surface area contributed by atoms with Crippen LogP contribution in [0.15, 0.2) is 0 Å². The van der Waals surface area contributed by atoms with Gasteiger partial charge in [-0.3, -0.25) is 30.7 Å². The van der Waals surface area contributed by atoms with Gasteiger partial charge in [0.15, 0.2) is 0 Å². The number of amides is 3. The van der Waals surface area contributed by atoms with Gasteiger partial charge in [0.2, 0.25) is 17.7 Å². The number of hydrogen-bond donors (Lipinski definition) is 3. The maximum Gasteiger partial charge on any atom is 0.231 e. The van der Waals surface area contributed by atoms with Crippen LogP contribution in [0.3, 0.4) is 0 Å². The summed E-state index contributed by atoms with van der Waals surface area (Å²) in [4.78, 5) is 33.6. The first-order chi connectivity index (χ1) is 9.86. The predicted octanol–water partition coefficient (Wildman–Crippen LogP) is -1.94. The molecule has 1 heterocycles. The molecule has 1 aliphatic heterocycles. The Hall–Kier alpha value is -1.71. The molecule has 1 fully saturated rings. The minimum absolute atomic E-state index is 0.147. The lowest BCUT2D eigenvalue weighted by atomic mass is 10.5. The van der Waals surface area contributed by atoms with E-state index in [9.17, 15) is 14.4 Å². The summed E-state index contributed by atoms with van der Waals surface area (Å²) in [6.45, 7) is 7.81. The Morgan fingerprint density at radius 1 is 0.571 bits per heavy atom. The number of hydrogen-bond acceptors (Lipinski definition) is 6. The zero-order valence-electron chi connectivity index (χ0n) is 12.8. The number of carbonyl (C=O) groups is 3. The SMILES string of the molecule is CC(=O)NN1CCN(NC(C)=O)CCN(NC(C)=O)CC1. The lowest BCUT2D eigenvalue weighted by molar-refractivity contribution is -0.126. The Bertz CT molecular complexity index is 320. The van der Waals surface area contributed by atoms with Gasteiger partial charge in [0.25, 0.3) is 0 Å². The number of nitrogens with zero attached hydrogens (tertiary/aromatic N) is 3. The molecule has 21 heavy (non-hydrogen) atoms. The molecule has 9 heteroatoms. The summed E-state index contributed by atoms with van der Waals surface area (Å²) in [7, 11) is 0. The topological polar surface area (TPSA) is 97.0 Å². The minimum Gasteiger partial charge on any atom is -0.289 e. The highest BCUT2D eigenvalue weighted by atomic mass is 16.2. The maximum absolute atomic E-state index is 11.2. The predicted molar refractivity (Wildman–Crippen MR) is 76.2 cm³/mol. The van der Waals surface area contributed by atoms with Gasteiger partial charge in [-0.2, -0.15) is 0 Å². The molecule has 0 radical (unpaired) electrons. The smallest absolute Gasteiger partial charge is 0.231 e. The molecule has 3 N–H and O–H groups in total. The van der Waals surface area contributed by atoms with Crippen molar-refractivity contribution in [3.8, 4) is 0 Å². The van der Waals surface area contributed by atoms with Crippen molar-refractivity contribution in [1.29, 1.82) is 0 Å². The van der Waals surface area contributed by atoms with E-state index < -0.39 is 0 Å². The van der Waals surface area contributed by atoms with Gasteiger partial charge in [-0.15, -0.1) is 0 Å². The van der Waals surface area contributed by atoms with Crippen LogP contribution in [0.4, 0.5) is 0 Å². The van der Waals surface area contributed by atoms with Crippen molar-refractivity contribution < 1.29 is 14.4 Å². The summed E-state index contributed by atoms with van der Waals surface area (Å²) >= 11 is 0. The van der Waals surface area contributed by atoms with E-state index in [1.165, 1.54) is 20.8 Å². The van der Waals surface area contributed by atoms with E-state index in [1.807, 2.05) is 0 Å². The summed E-state index contributed by atoms with van der Waals surface area (Å²) in [6, 6.07) is 0. The van der Waals surface area contributed by atoms with Gasteiger partial charge < -0.3 is 0 Å². The summed E-state index contributed by atoms with van der Waals surface area (Å²) in [5.74, 6) is -0.441. The summed E-state index contributed by atoms with van der Waals surface area (Å²) in [6.07, 6.45) is 0. The first-order valence-corrected chi connectivity index (χ1v) is 6.93. The third-order valence-corrected chi connectivity index (χ3v) is 2.87. The van der Waals surface area contributed by atoms with Crippen molar-refractivity contribution in [1.82, 2.24) is 31.3 Å². The Balaban J connectivity index is 2.68. The molecule has 0 bridgehead atoms. The average Bonchev–Trinajstić information content (AvgIpc) is 2.42. The fourth-order valence-corrected chi connectivity index (χ4v) is 2.06. The van der Waals surface area contributed by atoms with Crippen LogP contribution in [0.2, 0.25) is 0 Å². The number of hydrazine groups is 3. The van der Waals surface area contributed by atoms with E-state index in [2.05, 4.69) is 16.3 Å². The molecule has 0 aromatic rings. The minimum atomic E-state index is -0.147. The molecule has 0 aromatic carbocycles. The molecular formula is C12H24N6O3. The van der Waals surface area contributed by atoms with E-state index in [0.29, 0.717) is 39.3 Å². The largest absolute Gasteiger partial charge is 0.289 e. The standard InChI is InChI=1S/C12H24N6O3/c1-10(19)13-16-4-6-17(14-11(2)20)8-9-18(7-5-16)15-12(3)21/h4-9H2,1-3H3,(H,13,19)(H,14,20)(H,15,21). The van der Waals surface area contributed by atoms with Crippen LogP contribution in [0.5, 0.6) is 0 Å². The molecule has 0 saturated carbocycles. The van der Waals surface area contributed by atoms with Crippen molar-refractivity contribution in [3.63, 3.8) is 0 Å². The fraction of sp³-hybridized carbons (Fsp3) is 0.750. The van der Waals surface area contributed by atoms with Crippen LogP contribution >= 0.6 is 0 Å². The van der Waals surface area contributed by atoms with Gasteiger partial charge in [0.1, 0.15) is 0 Å². The zero-order chi connectivity index (χ0) is 15.8. The molecule has 120 valence electrons. The number of nitrogens with one attached hydrogen (secondary N) is 3. The van der Waals surface area contributed by atoms with Crippen molar-refractivity contribution in [2.75, 3.05) is 39.3 Å². The van der Waals surface area contributed by atoms with Gasteiger partial charge in [0, 0.05) is 60.0 Å². The summed E-state index contributed by atoms with van der Waals surface area (Å²) in [5.41, 5.74) is 8.22. The summed E-state index contributed by atoms with van der Waals surface area (Å²) < 4.78 is 0. The zero-order valence-corrected chi connectivity index (χ0v) is 12.8. The van der Waals surface area contributed by atoms with Gasteiger partial charge in [-0.25, -0.2) is 15.0 Å². The molecule has 1 saturated heterocycles. The third kappa shape index (κ3) is 7.59. The molecule has 0 spiro atoms. The number of carbonyl (C=O) groups excluding carboxylic acids is 3. The molecular weight excluding hydrogens is 276 g/mol. The van der Waals surface area contributed by atoms with E-state index >= 15 is 0 Å². The quantitative estimate of drug-likeness (QED) is 0.561. The van der Waals surface area contributed by atoms with E-state index in [4.69, 9.17) is 0 Å². The first kappa shape index (κ1) is 17.3. The molecule has 0 aromatic heterocycles. The van der Waals surface area contributed by atoms with E-state index in [0.717, 1.165) is 0 Å². The molecule has 1 rings (SSSR count). The van der Waals surface area contributed by atoms with Crippen molar-refractivity contribution >= 4 is 17.7 Å². The lowest BCUT2D eigenvalue weighted by Crippen LogP contribution is -2.49. The first-order valence-electron chi connectivity index (χ1n) is 6.93. The van der Waals surface area contributed by atoms with Crippen LogP contribution < -0.4 is 16.3 Å². The molecule has 3 amide bonds. The highest BCUT2D eigenvalue weighted by Gasteiger charge is 2.17. The second-order valence-electron chi connectivity index (χ2n) is 4.97. The molecule has 0 unspecified atom stereocenters. The Labute approximate surface area is 124 Å². The average molecular weight is 300 g/mol. The normalized spacial score (nSPS) is 19.0. The molecule has 0 atom stereocenters. The van der Waals surface area contributed by atoms with Gasteiger partial charge in [0.05, 0.1) is 0 Å². The second kappa shape index (κ2) is 8.55. The van der Waals surface area contributed by atoms with E-state index in [-0.39, 0.29) is 17.7 Å². The maximum atomic E-state index is 11.2. The van der Waals surface area contributed by atoms with Gasteiger partial charge in [-0.05, 0) is 0 Å². The number of rotatable bonds is 3. The van der Waals surface area contributed by atoms with Crippen LogP contribution in [-0.2, 0) is 14.4 Å². The molecule has 1 aliphatic rings. The second-order valence-corrected chi connectivity index (χ2v) is 4.97. The Kier molecular flexibility index (Phi) is 7.06. The molecule has 0 aliphatic carbocycles. The summed E-state index contributed by atoms with van der Waals surface area (Å²) in [5, 5.41) is 5.33. The van der Waals surface area contributed by atoms with Gasteiger partial charge in [-0.1, -0.05) is 0 Å². The van der Waals surface area contributed by atoms with Gasteiger partial charge >= 0.3 is 0 Å². The highest BCUT2D eigenvalue weighted by molar-refractivity contribution is 5.73. The monoisotopic (exact) mass is 300 g/mol. The van der Waals surface area contributed by atoms with Crippen LogP contribution in [0.1, 0.15) is 20.8 Å². The Morgan fingerprint density at radius 2 is 0.762 bits per heavy atom. The lowest BCUT2D eigenvalue weighted by Gasteiger charge is -2.25. The van der Waals surface area contributed by atoms with Crippen LogP contribution in [-0.4, -0.2) is 72.0 Å². The molecule has 9 nitrogen and oxygen atoms in total. The Morgan fingerprint density at radius 3 is 0.905 bits per heavy atom. The fourth-order valence-electron chi connectivity index (χ4n) is 2.06. The highest BCUT2D eigenvalue weighted by Crippen LogP contribution is 1.95. The third-order valence-electron chi connectivity index (χ3n) is 2.87. The van der Waals surface area contributed by atoms with Crippen LogP contribution in [0.25, 0.3) is 0 Å². The van der Waals surface area contributed by atoms with Crippen molar-refractivity contribution in [2.45, 2.75) is 20.8 Å². The van der Waals surface area contributed by atoms with Crippen molar-refractivity contribution in [3.05, 3.63) is 0 Å². The van der Waals surface area contributed by atoms with E-state index in [1.54, 1.807) is 15.0 Å². The van der Waals surface area contributed by atoms with Crippen LogP contribution in [0, 0.1) is 0 Å². The van der Waals surface area contributed by atoms with Crippen molar-refractivity contribution in [2.24, 2.45) is 0 Å².